The second kappa shape index (κ2) is 5.20. The highest BCUT2D eigenvalue weighted by Gasteiger charge is 2.18. The fraction of sp³-hybridized carbons (Fsp3) is 0.538. The van der Waals surface area contributed by atoms with E-state index in [4.69, 9.17) is 0 Å². The summed E-state index contributed by atoms with van der Waals surface area (Å²) in [4.78, 5) is 17.6. The van der Waals surface area contributed by atoms with Crippen molar-refractivity contribution in [3.63, 3.8) is 0 Å². The predicted molar refractivity (Wildman–Crippen MR) is 72.6 cm³/mol. The Kier molecular flexibility index (Phi) is 3.43. The number of rotatable bonds is 3. The fourth-order valence-electron chi connectivity index (χ4n) is 2.45. The van der Waals surface area contributed by atoms with Crippen LogP contribution < -0.4 is 10.6 Å². The summed E-state index contributed by atoms with van der Waals surface area (Å²) in [5.41, 5.74) is 1.15. The van der Waals surface area contributed by atoms with Gasteiger partial charge in [-0.2, -0.15) is 0 Å². The molecule has 0 saturated heterocycles. The quantitative estimate of drug-likeness (QED) is 0.821. The lowest BCUT2D eigenvalue weighted by atomic mass is 10.1. The van der Waals surface area contributed by atoms with Gasteiger partial charge in [-0.25, -0.2) is 4.98 Å². The van der Waals surface area contributed by atoms with Gasteiger partial charge in [0.1, 0.15) is 0 Å². The van der Waals surface area contributed by atoms with E-state index in [1.165, 1.54) is 4.88 Å². The molecule has 0 spiro atoms. The minimum atomic E-state index is 0.0885. The highest BCUT2D eigenvalue weighted by molar-refractivity contribution is 7.15. The summed E-state index contributed by atoms with van der Waals surface area (Å²) in [6.45, 7) is 1.87. The Balaban J connectivity index is 1.59. The van der Waals surface area contributed by atoms with Crippen molar-refractivity contribution in [1.29, 1.82) is 0 Å². The van der Waals surface area contributed by atoms with Crippen LogP contribution in [0.1, 0.15) is 29.8 Å². The van der Waals surface area contributed by atoms with Crippen molar-refractivity contribution in [2.75, 3.05) is 11.9 Å². The van der Waals surface area contributed by atoms with Crippen molar-refractivity contribution in [3.8, 4) is 0 Å². The lowest BCUT2D eigenvalue weighted by Crippen LogP contribution is -2.22. The van der Waals surface area contributed by atoms with E-state index in [0.717, 1.165) is 43.2 Å². The summed E-state index contributed by atoms with van der Waals surface area (Å²) < 4.78 is 0. The van der Waals surface area contributed by atoms with Crippen LogP contribution in [0.5, 0.6) is 0 Å². The monoisotopic (exact) mass is 263 g/mol. The van der Waals surface area contributed by atoms with Crippen LogP contribution in [0.15, 0.2) is 12.2 Å². The molecule has 0 saturated carbocycles. The lowest BCUT2D eigenvalue weighted by Gasteiger charge is -2.09. The third kappa shape index (κ3) is 2.62. The zero-order valence-electron chi connectivity index (χ0n) is 10.2. The highest BCUT2D eigenvalue weighted by atomic mass is 32.1. The van der Waals surface area contributed by atoms with Crippen LogP contribution in [0.4, 0.5) is 5.13 Å². The molecule has 1 unspecified atom stereocenters. The molecule has 96 valence electrons. The third-order valence-electron chi connectivity index (χ3n) is 3.41. The van der Waals surface area contributed by atoms with E-state index in [2.05, 4.69) is 27.8 Å². The summed E-state index contributed by atoms with van der Waals surface area (Å²) in [6, 6.07) is 0. The molecule has 0 fully saturated rings. The standard InChI is InChI=1S/C13H17N3OS/c17-12(7-9-3-1-2-4-9)16-13-15-10-5-6-14-8-11(10)18-13/h1,3,9,14H,2,4-8H2,(H,15,16,17). The molecule has 1 aromatic rings. The molecule has 18 heavy (non-hydrogen) atoms. The highest BCUT2D eigenvalue weighted by Crippen LogP contribution is 2.26. The number of nitrogens with zero attached hydrogens (tertiary/aromatic N) is 1. The third-order valence-corrected chi connectivity index (χ3v) is 4.42. The second-order valence-electron chi connectivity index (χ2n) is 4.83. The largest absolute Gasteiger partial charge is 0.311 e. The SMILES string of the molecule is O=C(CC1C=CCC1)Nc1nc2c(s1)CNCC2. The van der Waals surface area contributed by atoms with E-state index in [1.807, 2.05) is 0 Å². The molecule has 1 amide bonds. The number of carbonyl (C=O) groups is 1. The first kappa shape index (κ1) is 11.9. The molecule has 1 aliphatic heterocycles. The normalized spacial score (nSPS) is 21.9. The Morgan fingerprint density at radius 3 is 3.33 bits per heavy atom. The molecule has 2 heterocycles. The van der Waals surface area contributed by atoms with E-state index in [9.17, 15) is 4.79 Å². The van der Waals surface area contributed by atoms with Crippen LogP contribution in [-0.4, -0.2) is 17.4 Å². The number of carbonyl (C=O) groups excluding carboxylic acids is 1. The molecule has 0 radical (unpaired) electrons. The molecule has 1 aromatic heterocycles. The summed E-state index contributed by atoms with van der Waals surface area (Å²) in [7, 11) is 0. The number of hydrogen-bond acceptors (Lipinski definition) is 4. The minimum absolute atomic E-state index is 0.0885. The number of nitrogens with one attached hydrogen (secondary N) is 2. The van der Waals surface area contributed by atoms with Gasteiger partial charge in [0.2, 0.25) is 5.91 Å². The van der Waals surface area contributed by atoms with Crippen LogP contribution in [0.25, 0.3) is 0 Å². The maximum absolute atomic E-state index is 11.9. The van der Waals surface area contributed by atoms with Gasteiger partial charge in [-0.15, -0.1) is 11.3 Å². The first-order valence-corrected chi connectivity index (χ1v) is 7.29. The number of anilines is 1. The van der Waals surface area contributed by atoms with Gasteiger partial charge in [-0.05, 0) is 18.8 Å². The topological polar surface area (TPSA) is 54.0 Å². The number of hydrogen-bond donors (Lipinski definition) is 2. The van der Waals surface area contributed by atoms with Gasteiger partial charge in [0.25, 0.3) is 0 Å². The Bertz CT molecular complexity index is 457. The minimum Gasteiger partial charge on any atom is -0.311 e. The maximum atomic E-state index is 11.9. The van der Waals surface area contributed by atoms with Gasteiger partial charge >= 0.3 is 0 Å². The van der Waals surface area contributed by atoms with E-state index in [-0.39, 0.29) is 5.91 Å². The molecule has 3 rings (SSSR count). The van der Waals surface area contributed by atoms with Crippen LogP contribution in [0.3, 0.4) is 0 Å². The van der Waals surface area contributed by atoms with E-state index >= 15 is 0 Å². The van der Waals surface area contributed by atoms with Crippen molar-refractivity contribution in [2.45, 2.75) is 32.2 Å². The summed E-state index contributed by atoms with van der Waals surface area (Å²) in [5, 5.41) is 7.01. The van der Waals surface area contributed by atoms with Crippen LogP contribution in [0.2, 0.25) is 0 Å². The molecule has 5 heteroatoms. The van der Waals surface area contributed by atoms with Gasteiger partial charge in [0.05, 0.1) is 5.69 Å². The number of fused-ring (bicyclic) bond motifs is 1. The van der Waals surface area contributed by atoms with Crippen LogP contribution in [-0.2, 0) is 17.8 Å². The molecule has 1 aliphatic carbocycles. The van der Waals surface area contributed by atoms with E-state index in [0.29, 0.717) is 12.3 Å². The fourth-order valence-corrected chi connectivity index (χ4v) is 3.45. The molecular weight excluding hydrogens is 246 g/mol. The van der Waals surface area contributed by atoms with Gasteiger partial charge in [-0.1, -0.05) is 12.2 Å². The van der Waals surface area contributed by atoms with Gasteiger partial charge in [0, 0.05) is 30.8 Å². The van der Waals surface area contributed by atoms with Gasteiger partial charge < -0.3 is 10.6 Å². The van der Waals surface area contributed by atoms with Gasteiger partial charge in [0.15, 0.2) is 5.13 Å². The molecular formula is C13H17N3OS. The Morgan fingerprint density at radius 1 is 1.61 bits per heavy atom. The molecule has 1 atom stereocenters. The molecule has 0 aromatic carbocycles. The van der Waals surface area contributed by atoms with Crippen LogP contribution in [0, 0.1) is 5.92 Å². The number of amides is 1. The summed E-state index contributed by atoms with van der Waals surface area (Å²) in [6.07, 6.45) is 8.06. The van der Waals surface area contributed by atoms with Crippen molar-refractivity contribution in [1.82, 2.24) is 10.3 Å². The van der Waals surface area contributed by atoms with Crippen molar-refractivity contribution in [2.24, 2.45) is 5.92 Å². The molecule has 0 bridgehead atoms. The maximum Gasteiger partial charge on any atom is 0.226 e. The van der Waals surface area contributed by atoms with E-state index in [1.54, 1.807) is 11.3 Å². The predicted octanol–water partition coefficient (Wildman–Crippen LogP) is 2.08. The zero-order valence-corrected chi connectivity index (χ0v) is 11.1. The lowest BCUT2D eigenvalue weighted by molar-refractivity contribution is -0.116. The smallest absolute Gasteiger partial charge is 0.226 e. The van der Waals surface area contributed by atoms with Crippen molar-refractivity contribution < 1.29 is 4.79 Å². The van der Waals surface area contributed by atoms with Crippen molar-refractivity contribution >= 4 is 22.4 Å². The Labute approximate surface area is 111 Å². The zero-order chi connectivity index (χ0) is 12.4. The second-order valence-corrected chi connectivity index (χ2v) is 5.92. The number of thiazole rings is 1. The van der Waals surface area contributed by atoms with Crippen LogP contribution >= 0.6 is 11.3 Å². The summed E-state index contributed by atoms with van der Waals surface area (Å²) in [5.74, 6) is 0.506. The van der Waals surface area contributed by atoms with Gasteiger partial charge in [-0.3, -0.25) is 4.79 Å². The Hall–Kier alpha value is -1.20. The first-order valence-electron chi connectivity index (χ1n) is 6.47. The Morgan fingerprint density at radius 2 is 2.56 bits per heavy atom. The molecule has 4 nitrogen and oxygen atoms in total. The first-order chi connectivity index (χ1) is 8.81. The summed E-state index contributed by atoms with van der Waals surface area (Å²) >= 11 is 1.60. The van der Waals surface area contributed by atoms with Crippen molar-refractivity contribution in [3.05, 3.63) is 22.7 Å². The molecule has 2 N–H and O–H groups in total. The molecule has 2 aliphatic rings. The number of aromatic nitrogens is 1. The van der Waals surface area contributed by atoms with E-state index < -0.39 is 0 Å². The number of allylic oxidation sites excluding steroid dienone is 2. The average molecular weight is 263 g/mol. The average Bonchev–Trinajstić information content (AvgIpc) is 2.96.